The van der Waals surface area contributed by atoms with Gasteiger partial charge in [-0.25, -0.2) is 13.2 Å². The molecule has 1 saturated heterocycles. The Labute approximate surface area is 179 Å². The van der Waals surface area contributed by atoms with Gasteiger partial charge in [-0.15, -0.1) is 0 Å². The zero-order valence-corrected chi connectivity index (χ0v) is 16.6. The van der Waals surface area contributed by atoms with Crippen molar-refractivity contribution in [3.05, 3.63) is 62.8 Å². The molecule has 2 N–H and O–H groups in total. The largest absolute Gasteiger partial charge is 0.503 e. The maximum Gasteiger partial charge on any atom is 0.275 e. The molecule has 166 valence electrons. The van der Waals surface area contributed by atoms with E-state index in [1.165, 1.54) is 10.8 Å². The highest BCUT2D eigenvalue weighted by Gasteiger charge is 2.66. The molecule has 0 radical (unpaired) electrons. The molecule has 5 atom stereocenters. The van der Waals surface area contributed by atoms with Crippen molar-refractivity contribution in [2.75, 3.05) is 0 Å². The lowest BCUT2D eigenvalue weighted by molar-refractivity contribution is 0.0465. The van der Waals surface area contributed by atoms with Crippen LogP contribution in [-0.4, -0.2) is 38.5 Å². The van der Waals surface area contributed by atoms with Gasteiger partial charge in [0.1, 0.15) is 23.0 Å². The quantitative estimate of drug-likeness (QED) is 0.754. The zero-order valence-electron chi connectivity index (χ0n) is 16.6. The summed E-state index contributed by atoms with van der Waals surface area (Å²) in [7, 11) is 0. The minimum Gasteiger partial charge on any atom is -0.503 e. The van der Waals surface area contributed by atoms with Crippen molar-refractivity contribution in [2.24, 2.45) is 17.8 Å². The maximum atomic E-state index is 13.8. The van der Waals surface area contributed by atoms with Crippen LogP contribution in [0.3, 0.4) is 0 Å². The normalized spacial score (nSPS) is 28.9. The number of piperidine rings is 1. The van der Waals surface area contributed by atoms with Gasteiger partial charge in [0.25, 0.3) is 11.8 Å². The van der Waals surface area contributed by atoms with E-state index in [2.05, 4.69) is 5.32 Å². The number of aromatic hydroxyl groups is 1. The van der Waals surface area contributed by atoms with Gasteiger partial charge < -0.3 is 19.9 Å². The number of hydrogen-bond acceptors (Lipinski definition) is 4. The van der Waals surface area contributed by atoms with E-state index in [4.69, 9.17) is 0 Å². The van der Waals surface area contributed by atoms with Crippen LogP contribution in [0.4, 0.5) is 13.2 Å². The van der Waals surface area contributed by atoms with Gasteiger partial charge in [-0.1, -0.05) is 0 Å². The first-order valence-corrected chi connectivity index (χ1v) is 10.5. The summed E-state index contributed by atoms with van der Waals surface area (Å²) in [6.45, 7) is -0.262. The Morgan fingerprint density at radius 2 is 1.75 bits per heavy atom. The van der Waals surface area contributed by atoms with Crippen molar-refractivity contribution in [1.82, 2.24) is 14.8 Å². The molecule has 10 heteroatoms. The average Bonchev–Trinajstić information content (AvgIpc) is 3.34. The SMILES string of the molecule is O=C(NCc1c(F)cc(F)cc1F)c1cn2c(c(O)c1=O)C(=O)N1[C@H](C2)[C@@H]2C[C@H]1[C@H]1C[C@@H]21. The second-order valence-corrected chi connectivity index (χ2v) is 9.06. The van der Waals surface area contributed by atoms with Gasteiger partial charge in [0, 0.05) is 43.0 Å². The average molecular weight is 445 g/mol. The Morgan fingerprint density at radius 1 is 1.06 bits per heavy atom. The first-order chi connectivity index (χ1) is 15.3. The third-order valence-electron chi connectivity index (χ3n) is 7.51. The van der Waals surface area contributed by atoms with E-state index in [-0.39, 0.29) is 17.8 Å². The first kappa shape index (κ1) is 19.4. The number of benzene rings is 1. The van der Waals surface area contributed by atoms with Gasteiger partial charge in [-0.3, -0.25) is 14.4 Å². The van der Waals surface area contributed by atoms with E-state index in [1.54, 1.807) is 4.90 Å². The molecule has 6 rings (SSSR count). The summed E-state index contributed by atoms with van der Waals surface area (Å²) in [5, 5.41) is 12.7. The Bertz CT molecular complexity index is 1250. The summed E-state index contributed by atoms with van der Waals surface area (Å²) in [6, 6.07) is 1.08. The van der Waals surface area contributed by atoms with Crippen molar-refractivity contribution >= 4 is 11.8 Å². The molecule has 2 aliphatic carbocycles. The molecular formula is C22H18F3N3O4. The summed E-state index contributed by atoms with van der Waals surface area (Å²) in [4.78, 5) is 40.2. The van der Waals surface area contributed by atoms with Gasteiger partial charge in [-0.05, 0) is 30.6 Å². The predicted molar refractivity (Wildman–Crippen MR) is 103 cm³/mol. The highest BCUT2D eigenvalue weighted by Crippen LogP contribution is 2.64. The fourth-order valence-electron chi connectivity index (χ4n) is 6.05. The van der Waals surface area contributed by atoms with E-state index in [0.29, 0.717) is 36.4 Å². The Hall–Kier alpha value is -3.30. The molecule has 0 spiro atoms. The fourth-order valence-corrected chi connectivity index (χ4v) is 6.05. The second kappa shape index (κ2) is 6.36. The molecule has 3 fully saturated rings. The highest BCUT2D eigenvalue weighted by molar-refractivity contribution is 5.99. The molecule has 2 saturated carbocycles. The van der Waals surface area contributed by atoms with Gasteiger partial charge >= 0.3 is 0 Å². The van der Waals surface area contributed by atoms with Crippen molar-refractivity contribution in [2.45, 2.75) is 38.0 Å². The topological polar surface area (TPSA) is 91.6 Å². The zero-order chi connectivity index (χ0) is 22.5. The smallest absolute Gasteiger partial charge is 0.275 e. The Morgan fingerprint density at radius 3 is 2.47 bits per heavy atom. The van der Waals surface area contributed by atoms with Gasteiger partial charge in [0.15, 0.2) is 11.4 Å². The molecule has 7 nitrogen and oxygen atoms in total. The number of nitrogens with one attached hydrogen (secondary N) is 1. The van der Waals surface area contributed by atoms with Crippen LogP contribution < -0.4 is 10.7 Å². The molecular weight excluding hydrogens is 427 g/mol. The molecule has 2 bridgehead atoms. The second-order valence-electron chi connectivity index (χ2n) is 9.06. The number of nitrogens with zero attached hydrogens (tertiary/aromatic N) is 2. The van der Waals surface area contributed by atoms with Gasteiger partial charge in [0.2, 0.25) is 5.43 Å². The number of carbonyl (C=O) groups excluding carboxylic acids is 2. The number of aromatic nitrogens is 1. The van der Waals surface area contributed by atoms with E-state index >= 15 is 0 Å². The van der Waals surface area contributed by atoms with Crippen LogP contribution in [0.5, 0.6) is 5.75 Å². The third kappa shape index (κ3) is 2.52. The summed E-state index contributed by atoms with van der Waals surface area (Å²) >= 11 is 0. The number of fused-ring (bicyclic) bond motifs is 9. The lowest BCUT2D eigenvalue weighted by Crippen LogP contribution is -2.53. The predicted octanol–water partition coefficient (Wildman–Crippen LogP) is 1.76. The van der Waals surface area contributed by atoms with Crippen LogP contribution in [0.1, 0.15) is 39.3 Å². The molecule has 32 heavy (non-hydrogen) atoms. The molecule has 2 aliphatic heterocycles. The monoisotopic (exact) mass is 445 g/mol. The summed E-state index contributed by atoms with van der Waals surface area (Å²) in [5.41, 5.74) is -2.17. The van der Waals surface area contributed by atoms with Crippen molar-refractivity contribution in [3.63, 3.8) is 0 Å². The van der Waals surface area contributed by atoms with Crippen LogP contribution in [0, 0.1) is 35.2 Å². The number of hydrogen-bond donors (Lipinski definition) is 2. The van der Waals surface area contributed by atoms with Gasteiger partial charge in [0.05, 0.1) is 6.04 Å². The number of pyridine rings is 1. The molecule has 3 heterocycles. The minimum absolute atomic E-state index is 0.0380. The summed E-state index contributed by atoms with van der Waals surface area (Å²) in [5.74, 6) is -4.11. The number of amides is 2. The molecule has 2 amide bonds. The fraction of sp³-hybridized carbons (Fsp3) is 0.409. The summed E-state index contributed by atoms with van der Waals surface area (Å²) < 4.78 is 42.2. The Kier molecular flexibility index (Phi) is 3.86. The third-order valence-corrected chi connectivity index (χ3v) is 7.51. The number of halogens is 3. The van der Waals surface area contributed by atoms with Crippen LogP contribution in [0.15, 0.2) is 23.1 Å². The van der Waals surface area contributed by atoms with Crippen LogP contribution in [0.25, 0.3) is 0 Å². The molecule has 2 aromatic rings. The van der Waals surface area contributed by atoms with Crippen LogP contribution in [-0.2, 0) is 13.1 Å². The Balaban J connectivity index is 1.30. The molecule has 1 aromatic carbocycles. The maximum absolute atomic E-state index is 13.8. The number of rotatable bonds is 3. The van der Waals surface area contributed by atoms with E-state index in [1.807, 2.05) is 0 Å². The van der Waals surface area contributed by atoms with Crippen molar-refractivity contribution in [1.29, 1.82) is 0 Å². The van der Waals surface area contributed by atoms with Crippen molar-refractivity contribution < 1.29 is 27.9 Å². The molecule has 4 aliphatic rings. The lowest BCUT2D eigenvalue weighted by atomic mass is 9.94. The molecule has 1 aromatic heterocycles. The lowest BCUT2D eigenvalue weighted by Gasteiger charge is -2.40. The minimum atomic E-state index is -1.17. The number of carbonyl (C=O) groups is 2. The summed E-state index contributed by atoms with van der Waals surface area (Å²) in [6.07, 6.45) is 3.24. The van der Waals surface area contributed by atoms with E-state index in [9.17, 15) is 32.7 Å². The van der Waals surface area contributed by atoms with Crippen LogP contribution >= 0.6 is 0 Å². The standard InChI is InChI=1S/C22H18F3N3O4/c23-8-1-14(24)12(15(25)2-8)5-26-21(31)13-6-27-7-17-11-4-16(10-3-9(10)11)28(17)22(32)18(27)20(30)19(13)29/h1-2,6,9-11,16-17,30H,3-5,7H2,(H,26,31)/t9-,10+,11-,16+,17-/m1/s1. The van der Waals surface area contributed by atoms with E-state index < -0.39 is 58.1 Å². The van der Waals surface area contributed by atoms with Crippen LogP contribution in [0.2, 0.25) is 0 Å². The highest BCUT2D eigenvalue weighted by atomic mass is 19.1. The van der Waals surface area contributed by atoms with E-state index in [0.717, 1.165) is 12.8 Å². The first-order valence-electron chi connectivity index (χ1n) is 10.5. The van der Waals surface area contributed by atoms with Gasteiger partial charge in [-0.2, -0.15) is 0 Å². The molecule has 0 unspecified atom stereocenters. The van der Waals surface area contributed by atoms with Crippen molar-refractivity contribution in [3.8, 4) is 5.75 Å².